The van der Waals surface area contributed by atoms with E-state index in [1.54, 1.807) is 0 Å². The summed E-state index contributed by atoms with van der Waals surface area (Å²) in [6.45, 7) is 2.99. The summed E-state index contributed by atoms with van der Waals surface area (Å²) in [5.41, 5.74) is 1.15. The highest BCUT2D eigenvalue weighted by Gasteiger charge is 2.34. The lowest BCUT2D eigenvalue weighted by molar-refractivity contribution is -0.149. The molecule has 4 heteroatoms. The van der Waals surface area contributed by atoms with E-state index in [9.17, 15) is 9.59 Å². The second-order valence-electron chi connectivity index (χ2n) is 4.69. The highest BCUT2D eigenvalue weighted by atomic mass is 16.4. The Kier molecular flexibility index (Phi) is 3.77. The SMILES string of the molecule is CC(c1ccccc1)N1CCC(=O)C(C(=O)O)C1. The van der Waals surface area contributed by atoms with E-state index in [4.69, 9.17) is 5.11 Å². The van der Waals surface area contributed by atoms with Crippen molar-refractivity contribution in [2.75, 3.05) is 13.1 Å². The first-order valence-electron chi connectivity index (χ1n) is 6.14. The minimum Gasteiger partial charge on any atom is -0.481 e. The molecule has 0 aliphatic carbocycles. The van der Waals surface area contributed by atoms with Gasteiger partial charge in [0, 0.05) is 25.6 Å². The van der Waals surface area contributed by atoms with Crippen LogP contribution in [0.15, 0.2) is 30.3 Å². The molecule has 1 aromatic rings. The van der Waals surface area contributed by atoms with Gasteiger partial charge in [-0.05, 0) is 12.5 Å². The third kappa shape index (κ3) is 2.59. The third-order valence-electron chi connectivity index (χ3n) is 3.58. The summed E-state index contributed by atoms with van der Waals surface area (Å²) in [7, 11) is 0. The summed E-state index contributed by atoms with van der Waals surface area (Å²) in [5.74, 6) is -2.03. The van der Waals surface area contributed by atoms with Crippen LogP contribution in [-0.4, -0.2) is 34.8 Å². The molecule has 1 saturated heterocycles. The minimum absolute atomic E-state index is 0.140. The molecular formula is C14H17NO3. The van der Waals surface area contributed by atoms with Crippen LogP contribution in [-0.2, 0) is 9.59 Å². The Morgan fingerprint density at radius 2 is 2.06 bits per heavy atom. The minimum atomic E-state index is -1.01. The molecule has 2 rings (SSSR count). The maximum atomic E-state index is 11.5. The molecule has 2 unspecified atom stereocenters. The molecule has 2 atom stereocenters. The lowest BCUT2D eigenvalue weighted by atomic mass is 9.94. The fourth-order valence-corrected chi connectivity index (χ4v) is 2.37. The number of rotatable bonds is 3. The number of hydrogen-bond donors (Lipinski definition) is 1. The monoisotopic (exact) mass is 247 g/mol. The van der Waals surface area contributed by atoms with Crippen LogP contribution in [0.5, 0.6) is 0 Å². The van der Waals surface area contributed by atoms with Crippen molar-refractivity contribution in [2.45, 2.75) is 19.4 Å². The second-order valence-corrected chi connectivity index (χ2v) is 4.69. The smallest absolute Gasteiger partial charge is 0.315 e. The van der Waals surface area contributed by atoms with Crippen molar-refractivity contribution in [1.29, 1.82) is 0 Å². The number of aliphatic carboxylic acids is 1. The van der Waals surface area contributed by atoms with E-state index in [1.807, 2.05) is 37.3 Å². The molecule has 1 aromatic carbocycles. The predicted molar refractivity (Wildman–Crippen MR) is 67.2 cm³/mol. The summed E-state index contributed by atoms with van der Waals surface area (Å²) in [6, 6.07) is 10.1. The van der Waals surface area contributed by atoms with Crippen LogP contribution >= 0.6 is 0 Å². The first-order chi connectivity index (χ1) is 8.59. The van der Waals surface area contributed by atoms with Gasteiger partial charge in [0.1, 0.15) is 11.7 Å². The summed E-state index contributed by atoms with van der Waals surface area (Å²) < 4.78 is 0. The predicted octanol–water partition coefficient (Wildman–Crippen LogP) is 1.72. The quantitative estimate of drug-likeness (QED) is 0.826. The molecule has 0 saturated carbocycles. The normalized spacial score (nSPS) is 22.7. The van der Waals surface area contributed by atoms with Gasteiger partial charge >= 0.3 is 5.97 Å². The van der Waals surface area contributed by atoms with Crippen molar-refractivity contribution in [3.63, 3.8) is 0 Å². The van der Waals surface area contributed by atoms with Crippen molar-refractivity contribution in [1.82, 2.24) is 4.90 Å². The molecule has 1 heterocycles. The van der Waals surface area contributed by atoms with Crippen LogP contribution in [0.2, 0.25) is 0 Å². The number of hydrogen-bond acceptors (Lipinski definition) is 3. The molecule has 0 amide bonds. The zero-order chi connectivity index (χ0) is 13.1. The van der Waals surface area contributed by atoms with E-state index in [2.05, 4.69) is 4.90 Å². The molecule has 1 N–H and O–H groups in total. The summed E-state index contributed by atoms with van der Waals surface area (Å²) >= 11 is 0. The van der Waals surface area contributed by atoms with Crippen molar-refractivity contribution in [3.05, 3.63) is 35.9 Å². The van der Waals surface area contributed by atoms with Gasteiger partial charge in [-0.25, -0.2) is 0 Å². The molecule has 0 spiro atoms. The van der Waals surface area contributed by atoms with Crippen molar-refractivity contribution < 1.29 is 14.7 Å². The zero-order valence-corrected chi connectivity index (χ0v) is 10.4. The second kappa shape index (κ2) is 5.31. The Morgan fingerprint density at radius 1 is 1.39 bits per heavy atom. The number of nitrogens with zero attached hydrogens (tertiary/aromatic N) is 1. The maximum Gasteiger partial charge on any atom is 0.315 e. The maximum absolute atomic E-state index is 11.5. The standard InChI is InChI=1S/C14H17NO3/c1-10(11-5-3-2-4-6-11)15-8-7-13(16)12(9-15)14(17)18/h2-6,10,12H,7-9H2,1H3,(H,17,18). The molecule has 1 fully saturated rings. The van der Waals surface area contributed by atoms with Crippen LogP contribution in [0.3, 0.4) is 0 Å². The van der Waals surface area contributed by atoms with Gasteiger partial charge in [-0.15, -0.1) is 0 Å². The van der Waals surface area contributed by atoms with E-state index < -0.39 is 11.9 Å². The van der Waals surface area contributed by atoms with Crippen LogP contribution in [0.4, 0.5) is 0 Å². The fraction of sp³-hybridized carbons (Fsp3) is 0.429. The fourth-order valence-electron chi connectivity index (χ4n) is 2.37. The number of piperidine rings is 1. The van der Waals surface area contributed by atoms with Gasteiger partial charge < -0.3 is 5.11 Å². The Labute approximate surface area is 106 Å². The van der Waals surface area contributed by atoms with Gasteiger partial charge in [0.05, 0.1) is 0 Å². The number of carbonyl (C=O) groups excluding carboxylic acids is 1. The topological polar surface area (TPSA) is 57.6 Å². The molecule has 1 aliphatic rings. The van der Waals surface area contributed by atoms with Gasteiger partial charge in [0.2, 0.25) is 0 Å². The number of ketones is 1. The molecular weight excluding hydrogens is 230 g/mol. The first kappa shape index (κ1) is 12.8. The molecule has 1 aliphatic heterocycles. The van der Waals surface area contributed by atoms with E-state index in [-0.39, 0.29) is 11.8 Å². The number of Topliss-reactive ketones (excluding diaryl/α,β-unsaturated/α-hetero) is 1. The van der Waals surface area contributed by atoms with Gasteiger partial charge in [-0.2, -0.15) is 0 Å². The Morgan fingerprint density at radius 3 is 2.67 bits per heavy atom. The van der Waals surface area contributed by atoms with E-state index in [0.717, 1.165) is 5.56 Å². The van der Waals surface area contributed by atoms with Crippen molar-refractivity contribution in [3.8, 4) is 0 Å². The van der Waals surface area contributed by atoms with Crippen LogP contribution in [0.1, 0.15) is 24.9 Å². The summed E-state index contributed by atoms with van der Waals surface area (Å²) in [5, 5.41) is 9.03. The molecule has 0 radical (unpaired) electrons. The van der Waals surface area contributed by atoms with Gasteiger partial charge in [0.25, 0.3) is 0 Å². The largest absolute Gasteiger partial charge is 0.481 e. The molecule has 0 aromatic heterocycles. The first-order valence-corrected chi connectivity index (χ1v) is 6.14. The highest BCUT2D eigenvalue weighted by molar-refractivity contribution is 5.99. The van der Waals surface area contributed by atoms with E-state index in [1.165, 1.54) is 0 Å². The number of carbonyl (C=O) groups is 2. The van der Waals surface area contributed by atoms with Crippen LogP contribution < -0.4 is 0 Å². The summed E-state index contributed by atoms with van der Waals surface area (Å²) in [6.07, 6.45) is 0.328. The van der Waals surface area contributed by atoms with Crippen LogP contribution in [0, 0.1) is 5.92 Å². The van der Waals surface area contributed by atoms with Crippen molar-refractivity contribution in [2.24, 2.45) is 5.92 Å². The van der Waals surface area contributed by atoms with E-state index >= 15 is 0 Å². The van der Waals surface area contributed by atoms with E-state index in [0.29, 0.717) is 19.5 Å². The number of carboxylic acids is 1. The van der Waals surface area contributed by atoms with Gasteiger partial charge in [0.15, 0.2) is 0 Å². The van der Waals surface area contributed by atoms with Gasteiger partial charge in [-0.1, -0.05) is 30.3 Å². The Balaban J connectivity index is 2.10. The lowest BCUT2D eigenvalue weighted by Gasteiger charge is -2.34. The third-order valence-corrected chi connectivity index (χ3v) is 3.58. The zero-order valence-electron chi connectivity index (χ0n) is 10.4. The number of carboxylic acid groups (broad SMARTS) is 1. The van der Waals surface area contributed by atoms with Crippen molar-refractivity contribution >= 4 is 11.8 Å². The average molecular weight is 247 g/mol. The number of benzene rings is 1. The molecule has 96 valence electrons. The average Bonchev–Trinajstić information content (AvgIpc) is 2.39. The molecule has 18 heavy (non-hydrogen) atoms. The Hall–Kier alpha value is -1.68. The Bertz CT molecular complexity index is 444. The van der Waals surface area contributed by atoms with Gasteiger partial charge in [-0.3, -0.25) is 14.5 Å². The molecule has 4 nitrogen and oxygen atoms in total. The number of likely N-dealkylation sites (tertiary alicyclic amines) is 1. The molecule has 0 bridgehead atoms. The highest BCUT2D eigenvalue weighted by Crippen LogP contribution is 2.25. The van der Waals surface area contributed by atoms with Crippen LogP contribution in [0.25, 0.3) is 0 Å². The lowest BCUT2D eigenvalue weighted by Crippen LogP contribution is -2.45. The summed E-state index contributed by atoms with van der Waals surface area (Å²) in [4.78, 5) is 24.6.